The van der Waals surface area contributed by atoms with Crippen LogP contribution in [0.1, 0.15) is 27.7 Å². The van der Waals surface area contributed by atoms with Crippen LogP contribution in [0.2, 0.25) is 0 Å². The van der Waals surface area contributed by atoms with E-state index in [0.29, 0.717) is 0 Å². The molecule has 6 heavy (non-hydrogen) atoms. The second-order valence-corrected chi connectivity index (χ2v) is 0. The highest BCUT2D eigenvalue weighted by molar-refractivity contribution is 3.54. The first kappa shape index (κ1) is 16.7. The topological polar surface area (TPSA) is 26.0 Å². The zero-order valence-corrected chi connectivity index (χ0v) is 5.58. The van der Waals surface area contributed by atoms with E-state index in [1.54, 1.807) is 0 Å². The van der Waals surface area contributed by atoms with Gasteiger partial charge >= 0.3 is 0 Å². The van der Waals surface area contributed by atoms with Crippen molar-refractivity contribution < 1.29 is 0 Å². The molecule has 0 unspecified atom stereocenters. The fourth-order valence-electron chi connectivity index (χ4n) is 0. The van der Waals surface area contributed by atoms with Gasteiger partial charge in [0.2, 0.25) is 0 Å². The van der Waals surface area contributed by atoms with Crippen molar-refractivity contribution in [3.8, 4) is 0 Å². The van der Waals surface area contributed by atoms with Crippen LogP contribution in [0.5, 0.6) is 0 Å². The summed E-state index contributed by atoms with van der Waals surface area (Å²) in [7, 11) is 1.50. The summed E-state index contributed by atoms with van der Waals surface area (Å²) >= 11 is 0. The fourth-order valence-corrected chi connectivity index (χ4v) is 0. The first-order valence-electron chi connectivity index (χ1n) is 2.58. The molecule has 1 nitrogen and oxygen atoms in total. The molecule has 0 aromatic heterocycles. The van der Waals surface area contributed by atoms with Crippen molar-refractivity contribution in [2.45, 2.75) is 27.7 Å². The third-order valence-electron chi connectivity index (χ3n) is 0. The molecule has 0 spiro atoms. The van der Waals surface area contributed by atoms with Gasteiger partial charge in [0.25, 0.3) is 0 Å². The van der Waals surface area contributed by atoms with Crippen molar-refractivity contribution in [2.75, 3.05) is 7.05 Å². The van der Waals surface area contributed by atoms with E-state index in [2.05, 4.69) is 5.73 Å². The van der Waals surface area contributed by atoms with Crippen LogP contribution < -0.4 is 5.73 Å². The lowest BCUT2D eigenvalue weighted by Crippen LogP contribution is -1.69. The summed E-state index contributed by atoms with van der Waals surface area (Å²) in [6.45, 7) is 8.00. The Balaban J connectivity index is -0.0000000225. The highest BCUT2D eigenvalue weighted by atomic mass is 14.4. The molecule has 0 rings (SSSR count). The standard InChI is InChI=1S/2C2H6.CH5N/c3*1-2/h2*1-2H3;2H2,1H3. The minimum Gasteiger partial charge on any atom is -0.333 e. The first-order valence-corrected chi connectivity index (χ1v) is 2.58. The van der Waals surface area contributed by atoms with Gasteiger partial charge in [0.1, 0.15) is 0 Å². The highest BCUT2D eigenvalue weighted by Crippen LogP contribution is 1.15. The monoisotopic (exact) mass is 91.1 g/mol. The van der Waals surface area contributed by atoms with Crippen LogP contribution in [-0.4, -0.2) is 7.05 Å². The van der Waals surface area contributed by atoms with Gasteiger partial charge in [0, 0.05) is 0 Å². The van der Waals surface area contributed by atoms with Gasteiger partial charge in [-0.2, -0.15) is 0 Å². The number of hydrogen-bond acceptors (Lipinski definition) is 1. The molecule has 2 N–H and O–H groups in total. The van der Waals surface area contributed by atoms with Crippen LogP contribution in [0.15, 0.2) is 0 Å². The van der Waals surface area contributed by atoms with Crippen molar-refractivity contribution >= 4 is 0 Å². The summed E-state index contributed by atoms with van der Waals surface area (Å²) in [5.74, 6) is 0. The zero-order valence-electron chi connectivity index (χ0n) is 5.58. The maximum atomic E-state index is 4.50. The second-order valence-electron chi connectivity index (χ2n) is 0. The zero-order chi connectivity index (χ0) is 6.00. The SMILES string of the molecule is CC.CC.CN. The van der Waals surface area contributed by atoms with E-state index >= 15 is 0 Å². The molecule has 0 aliphatic carbocycles. The molecule has 1 heteroatoms. The molecule has 0 aliphatic heterocycles. The van der Waals surface area contributed by atoms with Crippen LogP contribution in [-0.2, 0) is 0 Å². The maximum Gasteiger partial charge on any atom is -0.0195 e. The lowest BCUT2D eigenvalue weighted by Gasteiger charge is -1.19. The Bertz CT molecular complexity index is 3.90. The normalized spacial score (nSPS) is 3.00. The van der Waals surface area contributed by atoms with Crippen molar-refractivity contribution in [3.05, 3.63) is 0 Å². The van der Waals surface area contributed by atoms with Crippen molar-refractivity contribution in [2.24, 2.45) is 5.73 Å². The summed E-state index contributed by atoms with van der Waals surface area (Å²) < 4.78 is 0. The van der Waals surface area contributed by atoms with Crippen LogP contribution in [0.4, 0.5) is 0 Å². The largest absolute Gasteiger partial charge is 0.333 e. The quantitative estimate of drug-likeness (QED) is 0.481. The van der Waals surface area contributed by atoms with E-state index in [-0.39, 0.29) is 0 Å². The third kappa shape index (κ3) is 21700. The molecule has 0 radical (unpaired) electrons. The lowest BCUT2D eigenvalue weighted by molar-refractivity contribution is 1.48. The summed E-state index contributed by atoms with van der Waals surface area (Å²) in [5, 5.41) is 0. The molecular formula is C5H17N. The Kier molecular flexibility index (Phi) is 136000. The van der Waals surface area contributed by atoms with E-state index in [1.165, 1.54) is 7.05 Å². The Hall–Kier alpha value is -0.0400. The Morgan fingerprint density at radius 1 is 0.667 bits per heavy atom. The predicted molar refractivity (Wildman–Crippen MR) is 32.8 cm³/mol. The van der Waals surface area contributed by atoms with Gasteiger partial charge < -0.3 is 5.73 Å². The number of nitrogens with two attached hydrogens (primary N) is 1. The smallest absolute Gasteiger partial charge is 0.0195 e. The van der Waals surface area contributed by atoms with Crippen molar-refractivity contribution in [3.63, 3.8) is 0 Å². The molecule has 0 amide bonds. The average Bonchev–Trinajstić information content (AvgIpc) is 1.81. The number of hydrogen-bond donors (Lipinski definition) is 1. The minimum atomic E-state index is 1.50. The summed E-state index contributed by atoms with van der Waals surface area (Å²) in [4.78, 5) is 0. The van der Waals surface area contributed by atoms with E-state index < -0.39 is 0 Å². The molecule has 0 saturated carbocycles. The van der Waals surface area contributed by atoms with Gasteiger partial charge in [-0.3, -0.25) is 0 Å². The Morgan fingerprint density at radius 3 is 0.667 bits per heavy atom. The van der Waals surface area contributed by atoms with Crippen LogP contribution in [0.3, 0.4) is 0 Å². The van der Waals surface area contributed by atoms with Crippen LogP contribution in [0.25, 0.3) is 0 Å². The summed E-state index contributed by atoms with van der Waals surface area (Å²) in [5.41, 5.74) is 4.50. The van der Waals surface area contributed by atoms with Gasteiger partial charge in [-0.15, -0.1) is 0 Å². The second kappa shape index (κ2) is 48600. The van der Waals surface area contributed by atoms with Gasteiger partial charge in [0.15, 0.2) is 0 Å². The molecule has 0 aromatic rings. The highest BCUT2D eigenvalue weighted by Gasteiger charge is 0.934. The van der Waals surface area contributed by atoms with E-state index in [1.807, 2.05) is 27.7 Å². The van der Waals surface area contributed by atoms with E-state index in [9.17, 15) is 0 Å². The molecule has 0 aliphatic rings. The molecule has 42 valence electrons. The Labute approximate surface area is 41.6 Å². The fraction of sp³-hybridized carbons (Fsp3) is 1.00. The lowest BCUT2D eigenvalue weighted by atomic mass is 11.0. The third-order valence-corrected chi connectivity index (χ3v) is 0. The Morgan fingerprint density at radius 2 is 0.667 bits per heavy atom. The average molecular weight is 91.2 g/mol. The molecule has 0 aromatic carbocycles. The van der Waals surface area contributed by atoms with Gasteiger partial charge in [-0.25, -0.2) is 0 Å². The van der Waals surface area contributed by atoms with Crippen LogP contribution in [0, 0.1) is 0 Å². The molecule has 0 fully saturated rings. The van der Waals surface area contributed by atoms with E-state index in [0.717, 1.165) is 0 Å². The maximum absolute atomic E-state index is 4.50. The van der Waals surface area contributed by atoms with Crippen LogP contribution >= 0.6 is 0 Å². The van der Waals surface area contributed by atoms with Gasteiger partial charge in [-0.1, -0.05) is 27.7 Å². The number of rotatable bonds is 0. The molecule has 0 saturated heterocycles. The summed E-state index contributed by atoms with van der Waals surface area (Å²) in [6.07, 6.45) is 0. The predicted octanol–water partition coefficient (Wildman–Crippen LogP) is 1.63. The summed E-state index contributed by atoms with van der Waals surface area (Å²) in [6, 6.07) is 0. The van der Waals surface area contributed by atoms with Gasteiger partial charge in [-0.05, 0) is 7.05 Å². The minimum absolute atomic E-state index is 1.50. The molecule has 0 atom stereocenters. The van der Waals surface area contributed by atoms with Crippen molar-refractivity contribution in [1.82, 2.24) is 0 Å². The molecule has 0 bridgehead atoms. The van der Waals surface area contributed by atoms with E-state index in [4.69, 9.17) is 0 Å². The van der Waals surface area contributed by atoms with Crippen molar-refractivity contribution in [1.29, 1.82) is 0 Å². The van der Waals surface area contributed by atoms with Gasteiger partial charge in [0.05, 0.1) is 0 Å². The molecule has 0 heterocycles. The first-order chi connectivity index (χ1) is 3.00. The molecular weight excluding hydrogens is 74.1 g/mol.